The maximum atomic E-state index is 12.8. The molecule has 5 rings (SSSR count). The van der Waals surface area contributed by atoms with Crippen LogP contribution in [0, 0.1) is 6.92 Å². The number of fused-ring (bicyclic) bond motifs is 1. The Balaban J connectivity index is 1.35. The Kier molecular flexibility index (Phi) is 4.42. The molecule has 9 nitrogen and oxygen atoms in total. The maximum Gasteiger partial charge on any atom is 0.339 e. The third-order valence-corrected chi connectivity index (χ3v) is 4.98. The first kappa shape index (κ1) is 18.3. The fourth-order valence-electron chi connectivity index (χ4n) is 3.26. The highest BCUT2D eigenvalue weighted by atomic mass is 16.6. The number of hydrogen-bond donors (Lipinski definition) is 0. The lowest BCUT2D eigenvalue weighted by atomic mass is 10.1. The quantitative estimate of drug-likeness (QED) is 0.441. The molecule has 3 heterocycles. The second-order valence-electron chi connectivity index (χ2n) is 7.14. The summed E-state index contributed by atoms with van der Waals surface area (Å²) in [5.41, 5.74) is 2.88. The third kappa shape index (κ3) is 3.38. The van der Waals surface area contributed by atoms with E-state index in [2.05, 4.69) is 20.3 Å². The number of aryl methyl sites for hydroxylation is 1. The Morgan fingerprint density at radius 3 is 2.83 bits per heavy atom. The third-order valence-electron chi connectivity index (χ3n) is 4.98. The Labute approximate surface area is 171 Å². The highest BCUT2D eigenvalue weighted by Crippen LogP contribution is 2.40. The van der Waals surface area contributed by atoms with E-state index in [1.54, 1.807) is 26.2 Å². The van der Waals surface area contributed by atoms with Crippen molar-refractivity contribution in [2.24, 2.45) is 0 Å². The largest absolute Gasteiger partial charge is 0.497 e. The van der Waals surface area contributed by atoms with Crippen LogP contribution in [-0.4, -0.2) is 33.4 Å². The van der Waals surface area contributed by atoms with Gasteiger partial charge >= 0.3 is 5.97 Å². The van der Waals surface area contributed by atoms with Gasteiger partial charge in [0.25, 0.3) is 11.6 Å². The first-order valence-electron chi connectivity index (χ1n) is 9.53. The van der Waals surface area contributed by atoms with Crippen molar-refractivity contribution in [2.45, 2.75) is 32.3 Å². The topological polar surface area (TPSA) is 113 Å². The van der Waals surface area contributed by atoms with E-state index in [0.29, 0.717) is 39.8 Å². The summed E-state index contributed by atoms with van der Waals surface area (Å²) in [5.74, 6) is 1.10. The van der Waals surface area contributed by atoms with Crippen molar-refractivity contribution in [1.82, 2.24) is 20.3 Å². The molecule has 0 N–H and O–H groups in total. The predicted molar refractivity (Wildman–Crippen MR) is 104 cm³/mol. The lowest BCUT2D eigenvalue weighted by molar-refractivity contribution is 0.0432. The molecule has 0 atom stereocenters. The molecule has 0 bridgehead atoms. The van der Waals surface area contributed by atoms with Gasteiger partial charge in [0.15, 0.2) is 6.61 Å². The number of benzene rings is 1. The summed E-state index contributed by atoms with van der Waals surface area (Å²) in [5, 5.41) is 8.44. The summed E-state index contributed by atoms with van der Waals surface area (Å²) >= 11 is 0. The molecule has 30 heavy (non-hydrogen) atoms. The number of methoxy groups -OCH3 is 1. The van der Waals surface area contributed by atoms with Crippen LogP contribution in [0.2, 0.25) is 0 Å². The van der Waals surface area contributed by atoms with Gasteiger partial charge in [0.2, 0.25) is 5.82 Å². The first-order valence-corrected chi connectivity index (χ1v) is 9.53. The van der Waals surface area contributed by atoms with E-state index in [9.17, 15) is 4.79 Å². The molecule has 0 radical (unpaired) electrons. The van der Waals surface area contributed by atoms with Crippen LogP contribution < -0.4 is 4.74 Å². The van der Waals surface area contributed by atoms with Gasteiger partial charge in [-0.3, -0.25) is 0 Å². The van der Waals surface area contributed by atoms with Crippen LogP contribution in [0.5, 0.6) is 5.75 Å². The molecule has 0 spiro atoms. The average Bonchev–Trinajstić information content (AvgIpc) is 3.41. The number of rotatable bonds is 6. The Morgan fingerprint density at radius 2 is 2.03 bits per heavy atom. The van der Waals surface area contributed by atoms with Gasteiger partial charge < -0.3 is 18.5 Å². The van der Waals surface area contributed by atoms with Crippen molar-refractivity contribution in [3.63, 3.8) is 0 Å². The van der Waals surface area contributed by atoms with Crippen molar-refractivity contribution in [3.05, 3.63) is 53.2 Å². The minimum atomic E-state index is -0.517. The van der Waals surface area contributed by atoms with E-state index >= 15 is 0 Å². The molecule has 0 saturated heterocycles. The number of nitrogens with zero attached hydrogens (tertiary/aromatic N) is 4. The summed E-state index contributed by atoms with van der Waals surface area (Å²) in [6.45, 7) is 1.61. The first-order chi connectivity index (χ1) is 14.6. The van der Waals surface area contributed by atoms with Gasteiger partial charge in [0.05, 0.1) is 23.8 Å². The van der Waals surface area contributed by atoms with E-state index in [0.717, 1.165) is 24.1 Å². The van der Waals surface area contributed by atoms with Gasteiger partial charge in [-0.15, -0.1) is 0 Å². The molecule has 0 amide bonds. The van der Waals surface area contributed by atoms with Crippen LogP contribution in [-0.2, 0) is 11.3 Å². The highest BCUT2D eigenvalue weighted by Gasteiger charge is 2.29. The van der Waals surface area contributed by atoms with Crippen LogP contribution >= 0.6 is 0 Å². The molecule has 9 heteroatoms. The average molecular weight is 406 g/mol. The molecule has 152 valence electrons. The number of carbonyl (C=O) groups is 1. The van der Waals surface area contributed by atoms with Gasteiger partial charge in [-0.1, -0.05) is 22.4 Å². The summed E-state index contributed by atoms with van der Waals surface area (Å²) in [7, 11) is 1.59. The van der Waals surface area contributed by atoms with E-state index < -0.39 is 5.97 Å². The fourth-order valence-corrected chi connectivity index (χ4v) is 3.26. The number of aromatic nitrogens is 4. The standard InChI is InChI=1S/C21H18N4O5/c1-11-18-15(9-16(12-6-7-12)22-20(18)30-24-11)21(26)28-10-17-23-19(25-29-17)13-4-3-5-14(8-13)27-2/h3-5,8-9,12H,6-7,10H2,1-2H3. The molecule has 1 aliphatic rings. The molecule has 1 aromatic carbocycles. The van der Waals surface area contributed by atoms with Gasteiger partial charge in [0, 0.05) is 17.2 Å². The van der Waals surface area contributed by atoms with Crippen molar-refractivity contribution < 1.29 is 23.3 Å². The van der Waals surface area contributed by atoms with Crippen molar-refractivity contribution >= 4 is 17.1 Å². The molecule has 0 aliphatic heterocycles. The van der Waals surface area contributed by atoms with Gasteiger partial charge in [-0.05, 0) is 38.0 Å². The number of esters is 1. The van der Waals surface area contributed by atoms with Crippen molar-refractivity contribution in [2.75, 3.05) is 7.11 Å². The van der Waals surface area contributed by atoms with E-state index in [4.69, 9.17) is 18.5 Å². The normalized spacial score (nSPS) is 13.5. The highest BCUT2D eigenvalue weighted by molar-refractivity contribution is 6.03. The molecule has 1 aliphatic carbocycles. The molecular formula is C21H18N4O5. The zero-order valence-electron chi connectivity index (χ0n) is 16.4. The zero-order valence-corrected chi connectivity index (χ0v) is 16.4. The molecule has 4 aromatic rings. The Bertz CT molecular complexity index is 1240. The lowest BCUT2D eigenvalue weighted by Gasteiger charge is -2.05. The SMILES string of the molecule is COc1cccc(-c2noc(COC(=O)c3cc(C4CC4)nc4onc(C)c34)n2)c1. The second kappa shape index (κ2) is 7.25. The molecular weight excluding hydrogens is 388 g/mol. The van der Waals surface area contributed by atoms with Crippen molar-refractivity contribution in [1.29, 1.82) is 0 Å². The van der Waals surface area contributed by atoms with E-state index in [1.807, 2.05) is 18.2 Å². The molecule has 3 aromatic heterocycles. The predicted octanol–water partition coefficient (Wildman–Crippen LogP) is 3.82. The van der Waals surface area contributed by atoms with E-state index in [-0.39, 0.29) is 12.5 Å². The van der Waals surface area contributed by atoms with Crippen LogP contribution in [0.25, 0.3) is 22.5 Å². The number of ether oxygens (including phenoxy) is 2. The minimum Gasteiger partial charge on any atom is -0.497 e. The van der Waals surface area contributed by atoms with E-state index in [1.165, 1.54) is 0 Å². The summed E-state index contributed by atoms with van der Waals surface area (Å²) in [6, 6.07) is 9.05. The van der Waals surface area contributed by atoms with Gasteiger partial charge in [0.1, 0.15) is 5.75 Å². The maximum absolute atomic E-state index is 12.8. The minimum absolute atomic E-state index is 0.150. The van der Waals surface area contributed by atoms with Gasteiger partial charge in [-0.2, -0.15) is 4.98 Å². The number of carbonyl (C=O) groups excluding carboxylic acids is 1. The summed E-state index contributed by atoms with van der Waals surface area (Å²) < 4.78 is 21.1. The Morgan fingerprint density at radius 1 is 1.17 bits per heavy atom. The zero-order chi connectivity index (χ0) is 20.7. The monoisotopic (exact) mass is 406 g/mol. The Hall–Kier alpha value is -3.75. The van der Waals surface area contributed by atoms with Crippen molar-refractivity contribution in [3.8, 4) is 17.1 Å². The lowest BCUT2D eigenvalue weighted by Crippen LogP contribution is -2.08. The fraction of sp³-hybridized carbons (Fsp3) is 0.286. The summed E-state index contributed by atoms with van der Waals surface area (Å²) in [4.78, 5) is 21.6. The van der Waals surface area contributed by atoms with Crippen LogP contribution in [0.4, 0.5) is 0 Å². The number of pyridine rings is 1. The van der Waals surface area contributed by atoms with Crippen LogP contribution in [0.3, 0.4) is 0 Å². The van der Waals surface area contributed by atoms with Crippen LogP contribution in [0.1, 0.15) is 46.4 Å². The van der Waals surface area contributed by atoms with Gasteiger partial charge in [-0.25, -0.2) is 9.78 Å². The van der Waals surface area contributed by atoms with Crippen LogP contribution in [0.15, 0.2) is 39.4 Å². The molecule has 1 saturated carbocycles. The smallest absolute Gasteiger partial charge is 0.339 e. The number of hydrogen-bond acceptors (Lipinski definition) is 9. The second-order valence-corrected chi connectivity index (χ2v) is 7.14. The summed E-state index contributed by atoms with van der Waals surface area (Å²) in [6.07, 6.45) is 2.10. The molecule has 1 fully saturated rings. The molecule has 0 unspecified atom stereocenters.